The Balaban J connectivity index is 3.94. The average molecular weight is 247 g/mol. The van der Waals surface area contributed by atoms with Crippen molar-refractivity contribution in [2.75, 3.05) is 18.1 Å². The summed E-state index contributed by atoms with van der Waals surface area (Å²) in [5.41, 5.74) is 0. The van der Waals surface area contributed by atoms with E-state index in [4.69, 9.17) is 4.74 Å². The summed E-state index contributed by atoms with van der Waals surface area (Å²) in [6.07, 6.45) is 2.04. The highest BCUT2D eigenvalue weighted by Gasteiger charge is 2.19. The molecule has 0 bridgehead atoms. The third-order valence-corrected chi connectivity index (χ3v) is 3.23. The molecule has 0 aliphatic heterocycles. The Bertz CT molecular complexity index is 186. The minimum atomic E-state index is -0.149. The van der Waals surface area contributed by atoms with Crippen molar-refractivity contribution in [3.8, 4) is 0 Å². The molecule has 0 amide bonds. The van der Waals surface area contributed by atoms with Crippen LogP contribution in [0.4, 0.5) is 0 Å². The highest BCUT2D eigenvalue weighted by atomic mass is 32.2. The molecule has 1 unspecified atom stereocenters. The maximum absolute atomic E-state index is 11.6. The minimum absolute atomic E-state index is 0.117. The van der Waals surface area contributed by atoms with Crippen molar-refractivity contribution >= 4 is 17.7 Å². The SMILES string of the molecule is CCCSCCC(NC(C)C)C(=O)OCC. The summed E-state index contributed by atoms with van der Waals surface area (Å²) < 4.78 is 5.05. The summed E-state index contributed by atoms with van der Waals surface area (Å²) in [5, 5.41) is 3.25. The van der Waals surface area contributed by atoms with Gasteiger partial charge in [-0.25, -0.2) is 0 Å². The summed E-state index contributed by atoms with van der Waals surface area (Å²) in [4.78, 5) is 11.6. The van der Waals surface area contributed by atoms with Crippen LogP contribution in [-0.4, -0.2) is 36.2 Å². The molecule has 0 aromatic heterocycles. The van der Waals surface area contributed by atoms with Gasteiger partial charge in [0, 0.05) is 6.04 Å². The molecule has 1 N–H and O–H groups in total. The van der Waals surface area contributed by atoms with Crippen LogP contribution in [0.5, 0.6) is 0 Å². The van der Waals surface area contributed by atoms with Crippen molar-refractivity contribution in [1.29, 1.82) is 0 Å². The first-order valence-electron chi connectivity index (χ1n) is 6.12. The summed E-state index contributed by atoms with van der Waals surface area (Å²) >= 11 is 1.90. The second-order valence-electron chi connectivity index (χ2n) is 4.03. The van der Waals surface area contributed by atoms with E-state index < -0.39 is 0 Å². The Morgan fingerprint density at radius 1 is 1.31 bits per heavy atom. The normalized spacial score (nSPS) is 12.8. The average Bonchev–Trinajstić information content (AvgIpc) is 2.22. The molecule has 0 saturated heterocycles. The van der Waals surface area contributed by atoms with E-state index in [1.807, 2.05) is 32.5 Å². The second kappa shape index (κ2) is 9.97. The van der Waals surface area contributed by atoms with Gasteiger partial charge in [0.05, 0.1) is 6.61 Å². The lowest BCUT2D eigenvalue weighted by atomic mass is 10.2. The van der Waals surface area contributed by atoms with Crippen LogP contribution >= 0.6 is 11.8 Å². The molecule has 0 saturated carbocycles. The Kier molecular flexibility index (Phi) is 9.83. The first-order valence-corrected chi connectivity index (χ1v) is 7.27. The standard InChI is InChI=1S/C12H25NO2S/c1-5-8-16-9-7-11(13-10(3)4)12(14)15-6-2/h10-11,13H,5-9H2,1-4H3. The van der Waals surface area contributed by atoms with E-state index in [2.05, 4.69) is 12.2 Å². The number of hydrogen-bond acceptors (Lipinski definition) is 4. The first kappa shape index (κ1) is 15.8. The molecule has 0 heterocycles. The van der Waals surface area contributed by atoms with Gasteiger partial charge in [0.15, 0.2) is 0 Å². The predicted octanol–water partition coefficient (Wildman–Crippen LogP) is 2.45. The van der Waals surface area contributed by atoms with Crippen LogP contribution in [0.25, 0.3) is 0 Å². The van der Waals surface area contributed by atoms with Crippen LogP contribution in [0.2, 0.25) is 0 Å². The molecule has 0 aliphatic carbocycles. The Morgan fingerprint density at radius 2 is 2.00 bits per heavy atom. The lowest BCUT2D eigenvalue weighted by Crippen LogP contribution is -2.42. The molecule has 0 radical (unpaired) electrons. The quantitative estimate of drug-likeness (QED) is 0.502. The zero-order chi connectivity index (χ0) is 12.4. The molecule has 0 aliphatic rings. The van der Waals surface area contributed by atoms with Crippen LogP contribution < -0.4 is 5.32 Å². The largest absolute Gasteiger partial charge is 0.465 e. The van der Waals surface area contributed by atoms with Gasteiger partial charge in [-0.3, -0.25) is 4.79 Å². The lowest BCUT2D eigenvalue weighted by Gasteiger charge is -2.19. The molecular formula is C12H25NO2S. The van der Waals surface area contributed by atoms with Crippen LogP contribution in [0.1, 0.15) is 40.5 Å². The fourth-order valence-electron chi connectivity index (χ4n) is 1.36. The number of carbonyl (C=O) groups excluding carboxylic acids is 1. The monoisotopic (exact) mass is 247 g/mol. The smallest absolute Gasteiger partial charge is 0.323 e. The van der Waals surface area contributed by atoms with Gasteiger partial charge < -0.3 is 10.1 Å². The van der Waals surface area contributed by atoms with Gasteiger partial charge in [-0.1, -0.05) is 20.8 Å². The van der Waals surface area contributed by atoms with Crippen LogP contribution in [0, 0.1) is 0 Å². The summed E-state index contributed by atoms with van der Waals surface area (Å²) in [6, 6.07) is 0.162. The van der Waals surface area contributed by atoms with Gasteiger partial charge in [-0.15, -0.1) is 0 Å². The van der Waals surface area contributed by atoms with Gasteiger partial charge >= 0.3 is 5.97 Å². The molecule has 0 spiro atoms. The Labute approximate surface area is 104 Å². The number of esters is 1. The molecule has 0 aromatic rings. The number of thioether (sulfide) groups is 1. The van der Waals surface area contributed by atoms with Gasteiger partial charge in [0.2, 0.25) is 0 Å². The number of hydrogen-bond donors (Lipinski definition) is 1. The second-order valence-corrected chi connectivity index (χ2v) is 5.25. The molecule has 0 aromatic carbocycles. The van der Waals surface area contributed by atoms with Crippen LogP contribution in [0.3, 0.4) is 0 Å². The molecule has 96 valence electrons. The fourth-order valence-corrected chi connectivity index (χ4v) is 2.26. The van der Waals surface area contributed by atoms with E-state index in [-0.39, 0.29) is 12.0 Å². The minimum Gasteiger partial charge on any atom is -0.465 e. The molecule has 16 heavy (non-hydrogen) atoms. The molecule has 0 rings (SSSR count). The van der Waals surface area contributed by atoms with Crippen molar-refractivity contribution in [2.45, 2.75) is 52.6 Å². The molecule has 0 fully saturated rings. The summed E-state index contributed by atoms with van der Waals surface area (Å²) in [5.74, 6) is 2.06. The first-order chi connectivity index (χ1) is 7.61. The fraction of sp³-hybridized carbons (Fsp3) is 0.917. The number of nitrogens with one attached hydrogen (secondary N) is 1. The number of ether oxygens (including phenoxy) is 1. The van der Waals surface area contributed by atoms with E-state index >= 15 is 0 Å². The molecular weight excluding hydrogens is 222 g/mol. The molecule has 1 atom stereocenters. The van der Waals surface area contributed by atoms with Gasteiger partial charge in [0.1, 0.15) is 6.04 Å². The van der Waals surface area contributed by atoms with Crippen molar-refractivity contribution in [1.82, 2.24) is 5.32 Å². The van der Waals surface area contributed by atoms with E-state index in [9.17, 15) is 4.79 Å². The predicted molar refractivity (Wildman–Crippen MR) is 70.9 cm³/mol. The van der Waals surface area contributed by atoms with Gasteiger partial charge in [0.25, 0.3) is 0 Å². The number of rotatable bonds is 9. The molecule has 3 nitrogen and oxygen atoms in total. The van der Waals surface area contributed by atoms with E-state index in [1.54, 1.807) is 0 Å². The topological polar surface area (TPSA) is 38.3 Å². The van der Waals surface area contributed by atoms with E-state index in [1.165, 1.54) is 6.42 Å². The highest BCUT2D eigenvalue weighted by molar-refractivity contribution is 7.99. The Hall–Kier alpha value is -0.220. The van der Waals surface area contributed by atoms with Gasteiger partial charge in [-0.2, -0.15) is 11.8 Å². The third kappa shape index (κ3) is 7.99. The lowest BCUT2D eigenvalue weighted by molar-refractivity contribution is -0.145. The van der Waals surface area contributed by atoms with Crippen molar-refractivity contribution in [3.63, 3.8) is 0 Å². The molecule has 4 heteroatoms. The van der Waals surface area contributed by atoms with E-state index in [0.29, 0.717) is 12.6 Å². The van der Waals surface area contributed by atoms with Crippen molar-refractivity contribution < 1.29 is 9.53 Å². The van der Waals surface area contributed by atoms with Gasteiger partial charge in [-0.05, 0) is 31.3 Å². The zero-order valence-electron chi connectivity index (χ0n) is 10.9. The maximum Gasteiger partial charge on any atom is 0.323 e. The maximum atomic E-state index is 11.6. The number of carbonyl (C=O) groups is 1. The highest BCUT2D eigenvalue weighted by Crippen LogP contribution is 2.08. The summed E-state index contributed by atoms with van der Waals surface area (Å²) in [6.45, 7) is 8.56. The van der Waals surface area contributed by atoms with E-state index in [0.717, 1.165) is 17.9 Å². The van der Waals surface area contributed by atoms with Crippen molar-refractivity contribution in [3.05, 3.63) is 0 Å². The van der Waals surface area contributed by atoms with Crippen LogP contribution in [-0.2, 0) is 9.53 Å². The zero-order valence-corrected chi connectivity index (χ0v) is 11.7. The third-order valence-electron chi connectivity index (χ3n) is 2.00. The van der Waals surface area contributed by atoms with Crippen molar-refractivity contribution in [2.24, 2.45) is 0 Å². The van der Waals surface area contributed by atoms with Crippen LogP contribution in [0.15, 0.2) is 0 Å². The Morgan fingerprint density at radius 3 is 2.50 bits per heavy atom. The summed E-state index contributed by atoms with van der Waals surface area (Å²) in [7, 11) is 0.